The number of hydrogen-bond donors (Lipinski definition) is 3. The first kappa shape index (κ1) is 25.2. The van der Waals surface area contributed by atoms with E-state index >= 15 is 0 Å². The van der Waals surface area contributed by atoms with E-state index in [4.69, 9.17) is 26.7 Å². The Hall–Kier alpha value is -3.39. The minimum atomic E-state index is -4.54. The Labute approximate surface area is 195 Å². The smallest absolute Gasteiger partial charge is 0.423 e. The van der Waals surface area contributed by atoms with Crippen LogP contribution in [0.15, 0.2) is 24.5 Å². The Morgan fingerprint density at radius 2 is 1.97 bits per heavy atom. The second-order valence-electron chi connectivity index (χ2n) is 7.98. The number of halogens is 3. The van der Waals surface area contributed by atoms with Crippen LogP contribution in [0.4, 0.5) is 19.1 Å². The number of nitrogens with one attached hydrogen (secondary N) is 3. The maximum Gasteiger partial charge on any atom is 0.423 e. The van der Waals surface area contributed by atoms with Gasteiger partial charge in [-0.15, -0.1) is 6.42 Å². The molecule has 1 saturated heterocycles. The third-order valence-electron chi connectivity index (χ3n) is 5.54. The van der Waals surface area contributed by atoms with E-state index in [-0.39, 0.29) is 31.2 Å². The minimum Gasteiger partial charge on any atom is -0.469 e. The van der Waals surface area contributed by atoms with Gasteiger partial charge in [0.1, 0.15) is 23.0 Å². The van der Waals surface area contributed by atoms with Crippen molar-refractivity contribution in [1.82, 2.24) is 14.5 Å². The van der Waals surface area contributed by atoms with Crippen LogP contribution in [-0.4, -0.2) is 46.7 Å². The molecular weight excluding hydrogens is 449 g/mol. The van der Waals surface area contributed by atoms with E-state index in [2.05, 4.69) is 21.2 Å². The zero-order chi connectivity index (χ0) is 24.7. The average Bonchev–Trinajstić information content (AvgIpc) is 2.81. The quantitative estimate of drug-likeness (QED) is 0.355. The van der Waals surface area contributed by atoms with Crippen LogP contribution in [0, 0.1) is 29.1 Å². The van der Waals surface area contributed by atoms with Gasteiger partial charge in [-0.05, 0) is 25.0 Å². The summed E-state index contributed by atoms with van der Waals surface area (Å²) in [5.74, 6) is 2.96. The van der Waals surface area contributed by atoms with Gasteiger partial charge in [0.05, 0.1) is 13.2 Å². The van der Waals surface area contributed by atoms with E-state index < -0.39 is 17.6 Å². The van der Waals surface area contributed by atoms with Crippen molar-refractivity contribution in [2.75, 3.05) is 25.6 Å². The molecule has 2 aromatic heterocycles. The van der Waals surface area contributed by atoms with Crippen molar-refractivity contribution in [3.63, 3.8) is 0 Å². The van der Waals surface area contributed by atoms with Gasteiger partial charge < -0.3 is 14.8 Å². The lowest BCUT2D eigenvalue weighted by Crippen LogP contribution is -2.39. The molecule has 34 heavy (non-hydrogen) atoms. The summed E-state index contributed by atoms with van der Waals surface area (Å²) in [6.45, 7) is 0.548. The fourth-order valence-corrected chi connectivity index (χ4v) is 3.57. The first-order valence-corrected chi connectivity index (χ1v) is 10.9. The zero-order valence-corrected chi connectivity index (χ0v) is 18.8. The summed E-state index contributed by atoms with van der Waals surface area (Å²) >= 11 is 0. The molecule has 1 aliphatic heterocycles. The van der Waals surface area contributed by atoms with Gasteiger partial charge in [0.15, 0.2) is 0 Å². The highest BCUT2D eigenvalue weighted by Gasteiger charge is 2.37. The molecule has 0 spiro atoms. The molecule has 0 atom stereocenters. The summed E-state index contributed by atoms with van der Waals surface area (Å²) in [6.07, 6.45) is 8.63. The van der Waals surface area contributed by atoms with Crippen molar-refractivity contribution in [1.29, 1.82) is 10.8 Å². The van der Waals surface area contributed by atoms with Gasteiger partial charge in [-0.1, -0.05) is 25.2 Å². The van der Waals surface area contributed by atoms with E-state index in [0.717, 1.165) is 18.4 Å². The Morgan fingerprint density at radius 3 is 2.53 bits per heavy atom. The third-order valence-corrected chi connectivity index (χ3v) is 5.54. The fraction of sp³-hybridized carbons (Fsp3) is 0.478. The Bertz CT molecular complexity index is 1100. The van der Waals surface area contributed by atoms with E-state index in [1.165, 1.54) is 26.3 Å². The zero-order valence-electron chi connectivity index (χ0n) is 18.8. The van der Waals surface area contributed by atoms with Crippen molar-refractivity contribution in [3.8, 4) is 18.2 Å². The average molecular weight is 477 g/mol. The predicted molar refractivity (Wildman–Crippen MR) is 120 cm³/mol. The molecule has 2 fully saturated rings. The predicted octanol–water partition coefficient (Wildman–Crippen LogP) is 3.67. The lowest BCUT2D eigenvalue weighted by Gasteiger charge is -2.27. The number of alkyl halides is 3. The molecular formula is C23H27F3N6O2. The number of ether oxygens (including phenoxy) is 2. The molecule has 1 saturated carbocycles. The van der Waals surface area contributed by atoms with Gasteiger partial charge in [-0.3, -0.25) is 15.4 Å². The van der Waals surface area contributed by atoms with Gasteiger partial charge in [-0.2, -0.15) is 18.2 Å². The van der Waals surface area contributed by atoms with Crippen LogP contribution in [0.25, 0.3) is 0 Å². The number of aromatic nitrogens is 3. The Kier molecular flexibility index (Phi) is 8.28. The highest BCUT2D eigenvalue weighted by molar-refractivity contribution is 5.83. The van der Waals surface area contributed by atoms with E-state index in [0.29, 0.717) is 17.5 Å². The highest BCUT2D eigenvalue weighted by atomic mass is 19.4. The molecule has 0 amide bonds. The van der Waals surface area contributed by atoms with Crippen LogP contribution >= 0.6 is 0 Å². The van der Waals surface area contributed by atoms with Crippen LogP contribution in [0.3, 0.4) is 0 Å². The first-order chi connectivity index (χ1) is 16.2. The Morgan fingerprint density at radius 1 is 1.26 bits per heavy atom. The molecule has 0 radical (unpaired) electrons. The Balaban J connectivity index is 0.000000191. The molecule has 0 unspecified atom stereocenters. The summed E-state index contributed by atoms with van der Waals surface area (Å²) in [7, 11) is 1.51. The van der Waals surface area contributed by atoms with Crippen LogP contribution < -0.4 is 15.5 Å². The number of hydrogen-bond acceptors (Lipinski definition) is 7. The monoisotopic (exact) mass is 476 g/mol. The second kappa shape index (κ2) is 11.2. The first-order valence-electron chi connectivity index (χ1n) is 10.9. The van der Waals surface area contributed by atoms with Gasteiger partial charge in [0, 0.05) is 30.9 Å². The molecule has 2 aliphatic rings. The largest absolute Gasteiger partial charge is 0.469 e. The van der Waals surface area contributed by atoms with Crippen molar-refractivity contribution in [3.05, 3.63) is 41.1 Å². The topological polar surface area (TPSA) is 109 Å². The maximum absolute atomic E-state index is 12.6. The standard InChI is InChI=1S/C14H17N3.C9H10F3N3O2/c1-2-11-8-9-13(15)17(10-11)14(16)12-6-4-3-5-7-12;1-13-8-14-2-6(9(10,11)12)7(15-8)17-5-3-16-4-5/h1,8-10,12,15-16H,3-7H2;2,5H,3-4H2,1H3,(H,13,14,15). The molecule has 3 N–H and O–H groups in total. The van der Waals surface area contributed by atoms with Gasteiger partial charge >= 0.3 is 6.18 Å². The van der Waals surface area contributed by atoms with Gasteiger partial charge in [-0.25, -0.2) is 4.98 Å². The van der Waals surface area contributed by atoms with E-state index in [9.17, 15) is 13.2 Å². The molecule has 11 heteroatoms. The lowest BCUT2D eigenvalue weighted by molar-refractivity contribution is -0.142. The van der Waals surface area contributed by atoms with Crippen LogP contribution in [0.5, 0.6) is 5.88 Å². The number of nitrogens with zero attached hydrogens (tertiary/aromatic N) is 3. The highest BCUT2D eigenvalue weighted by Crippen LogP contribution is 2.35. The summed E-state index contributed by atoms with van der Waals surface area (Å²) in [5, 5.41) is 18.6. The molecule has 0 bridgehead atoms. The SMILES string of the molecule is C#Cc1ccc(=N)n(C(=N)C2CCCCC2)c1.CNc1ncc(C(F)(F)F)c(OC2COC2)n1. The minimum absolute atomic E-state index is 0.0771. The number of terminal acetylenes is 1. The fourth-order valence-electron chi connectivity index (χ4n) is 3.57. The number of pyridine rings is 1. The third kappa shape index (κ3) is 6.35. The molecule has 4 rings (SSSR count). The molecule has 1 aliphatic carbocycles. The van der Waals surface area contributed by atoms with Gasteiger partial charge in [0.25, 0.3) is 0 Å². The molecule has 0 aromatic carbocycles. The second-order valence-corrected chi connectivity index (χ2v) is 7.98. The maximum atomic E-state index is 12.6. The summed E-state index contributed by atoms with van der Waals surface area (Å²) in [5.41, 5.74) is 0.0736. The van der Waals surface area contributed by atoms with Crippen molar-refractivity contribution in [2.24, 2.45) is 5.92 Å². The van der Waals surface area contributed by atoms with E-state index in [1.54, 1.807) is 22.9 Å². The molecule has 3 heterocycles. The number of rotatable bonds is 4. The van der Waals surface area contributed by atoms with Crippen LogP contribution in [0.1, 0.15) is 43.2 Å². The summed E-state index contributed by atoms with van der Waals surface area (Å²) in [4.78, 5) is 7.18. The van der Waals surface area contributed by atoms with Crippen LogP contribution in [0.2, 0.25) is 0 Å². The summed E-state index contributed by atoms with van der Waals surface area (Å²) in [6, 6.07) is 3.40. The van der Waals surface area contributed by atoms with E-state index in [1.807, 2.05) is 0 Å². The van der Waals surface area contributed by atoms with Crippen molar-refractivity contribution < 1.29 is 22.6 Å². The van der Waals surface area contributed by atoms with Crippen LogP contribution in [-0.2, 0) is 10.9 Å². The van der Waals surface area contributed by atoms with Gasteiger partial charge in [0.2, 0.25) is 11.8 Å². The molecule has 2 aromatic rings. The normalized spacial score (nSPS) is 16.4. The molecule has 182 valence electrons. The van der Waals surface area contributed by atoms with Crippen molar-refractivity contribution in [2.45, 2.75) is 44.4 Å². The lowest BCUT2D eigenvalue weighted by atomic mass is 9.88. The molecule has 8 nitrogen and oxygen atoms in total. The van der Waals surface area contributed by atoms with Crippen molar-refractivity contribution >= 4 is 11.8 Å². The number of anilines is 1. The summed E-state index contributed by atoms with van der Waals surface area (Å²) < 4.78 is 49.5.